The molecule has 6 heteroatoms. The lowest BCUT2D eigenvalue weighted by Crippen LogP contribution is -2.29. The maximum absolute atomic E-state index is 12.1. The van der Waals surface area contributed by atoms with Gasteiger partial charge >= 0.3 is 0 Å². The largest absolute Gasteiger partial charge is 0.339 e. The van der Waals surface area contributed by atoms with Crippen LogP contribution in [0, 0.1) is 12.8 Å². The summed E-state index contributed by atoms with van der Waals surface area (Å²) >= 11 is 1.65. The van der Waals surface area contributed by atoms with Crippen LogP contribution >= 0.6 is 11.3 Å². The van der Waals surface area contributed by atoms with E-state index in [1.54, 1.807) is 17.4 Å². The maximum Gasteiger partial charge on any atom is 0.252 e. The summed E-state index contributed by atoms with van der Waals surface area (Å²) in [6, 6.07) is 14.1. The molecule has 0 spiro atoms. The Morgan fingerprint density at radius 1 is 1.19 bits per heavy atom. The lowest BCUT2D eigenvalue weighted by molar-refractivity contribution is 0.736. The second-order valence-corrected chi connectivity index (χ2v) is 7.47. The maximum atomic E-state index is 12.1. The number of nitrogens with one attached hydrogen (secondary N) is 2. The van der Waals surface area contributed by atoms with Crippen LogP contribution in [0.2, 0.25) is 0 Å². The summed E-state index contributed by atoms with van der Waals surface area (Å²) in [5.74, 6) is 0.621. The minimum atomic E-state index is -0.114. The molecule has 1 aromatic carbocycles. The van der Waals surface area contributed by atoms with Gasteiger partial charge in [0.05, 0.1) is 5.69 Å². The van der Waals surface area contributed by atoms with Crippen LogP contribution in [0.4, 0.5) is 5.95 Å². The van der Waals surface area contributed by atoms with Crippen molar-refractivity contribution >= 4 is 17.3 Å². The summed E-state index contributed by atoms with van der Waals surface area (Å²) in [4.78, 5) is 21.7. The normalized spacial score (nSPS) is 9.55. The first kappa shape index (κ1) is 25.9. The number of thiophene rings is 1. The summed E-state index contributed by atoms with van der Waals surface area (Å²) in [5.41, 5.74) is 3.17. The monoisotopic (exact) mass is 436 g/mol. The van der Waals surface area contributed by atoms with Gasteiger partial charge in [-0.05, 0) is 54.9 Å². The molecule has 2 heterocycles. The van der Waals surface area contributed by atoms with Crippen LogP contribution in [0.5, 0.6) is 0 Å². The molecule has 3 rings (SSSR count). The van der Waals surface area contributed by atoms with E-state index in [-0.39, 0.29) is 5.56 Å². The molecule has 0 fully saturated rings. The molecule has 0 amide bonds. The Bertz CT molecular complexity index is 933. The highest BCUT2D eigenvalue weighted by molar-refractivity contribution is 7.07. The average Bonchev–Trinajstić information content (AvgIpc) is 3.28. The summed E-state index contributed by atoms with van der Waals surface area (Å²) in [7, 11) is 3.75. The number of nitrogens with zero attached hydrogens (tertiary/aromatic N) is 2. The minimum absolute atomic E-state index is 0.114. The number of aromatic nitrogens is 2. The zero-order valence-electron chi connectivity index (χ0n) is 18.4. The zero-order valence-corrected chi connectivity index (χ0v) is 19.2. The topological polar surface area (TPSA) is 61.0 Å². The van der Waals surface area contributed by atoms with Crippen molar-refractivity contribution in [1.29, 1.82) is 0 Å². The van der Waals surface area contributed by atoms with E-state index in [1.165, 1.54) is 11.1 Å². The van der Waals surface area contributed by atoms with Gasteiger partial charge in [0.1, 0.15) is 0 Å². The summed E-state index contributed by atoms with van der Waals surface area (Å²) < 4.78 is 0. The number of rotatable bonds is 9. The second kappa shape index (κ2) is 15.7. The highest BCUT2D eigenvalue weighted by Crippen LogP contribution is 2.13. The van der Waals surface area contributed by atoms with Crippen LogP contribution in [0.25, 0.3) is 0 Å². The smallest absolute Gasteiger partial charge is 0.252 e. The van der Waals surface area contributed by atoms with Crippen LogP contribution in [-0.4, -0.2) is 37.2 Å². The molecule has 0 aliphatic rings. The Balaban J connectivity index is 0.000000884. The molecule has 5 nitrogen and oxygen atoms in total. The fraction of sp³-hybridized carbons (Fsp3) is 0.280. The molecule has 0 aliphatic heterocycles. The highest BCUT2D eigenvalue weighted by atomic mass is 32.1. The molecular formula is C25H32N4OS. The Kier molecular flexibility index (Phi) is 13.1. The van der Waals surface area contributed by atoms with E-state index in [2.05, 4.69) is 75.3 Å². The average molecular weight is 437 g/mol. The standard InChI is InChI=1S/C21H23N3OS.C2H7N.C2H2/c1-2-11-24(12-6-9-17-7-4-3-5-8-17)21-22-19(15-20(25)23-21)14-18-10-13-26-16-18;1-3-2;1-2/h2-5,7-8,10,13,15-16H,1,6,9,11-12,14H2,(H,22,23,25);3H,1-2H3;1-2H. The van der Waals surface area contributed by atoms with Gasteiger partial charge in [-0.1, -0.05) is 36.4 Å². The van der Waals surface area contributed by atoms with Crippen molar-refractivity contribution in [3.63, 3.8) is 0 Å². The van der Waals surface area contributed by atoms with Gasteiger partial charge in [0.2, 0.25) is 5.95 Å². The first-order valence-corrected chi connectivity index (χ1v) is 11.0. The molecule has 0 saturated heterocycles. The van der Waals surface area contributed by atoms with E-state index in [1.807, 2.05) is 31.6 Å². The van der Waals surface area contributed by atoms with Gasteiger partial charge in [-0.2, -0.15) is 11.3 Å². The van der Waals surface area contributed by atoms with Crippen molar-refractivity contribution in [2.75, 3.05) is 32.1 Å². The predicted molar refractivity (Wildman–Crippen MR) is 134 cm³/mol. The van der Waals surface area contributed by atoms with E-state index in [4.69, 9.17) is 0 Å². The number of anilines is 1. The molecule has 0 unspecified atom stereocenters. The van der Waals surface area contributed by atoms with Crippen LogP contribution in [-0.2, 0) is 12.8 Å². The molecule has 0 bridgehead atoms. The Morgan fingerprint density at radius 2 is 1.90 bits per heavy atom. The van der Waals surface area contributed by atoms with Crippen LogP contribution in [0.15, 0.2) is 70.7 Å². The molecular weight excluding hydrogens is 404 g/mol. The molecule has 31 heavy (non-hydrogen) atoms. The molecule has 2 aromatic heterocycles. The third kappa shape index (κ3) is 9.94. The highest BCUT2D eigenvalue weighted by Gasteiger charge is 2.10. The molecule has 2 N–H and O–H groups in total. The SMILES string of the molecule is C#C.C=CCN(CCCc1ccccc1)c1nc(Cc2ccsc2)cc(=O)[nH]1.CNC. The summed E-state index contributed by atoms with van der Waals surface area (Å²) in [5, 5.41) is 6.88. The third-order valence-corrected chi connectivity index (χ3v) is 4.86. The van der Waals surface area contributed by atoms with Crippen LogP contribution in [0.1, 0.15) is 23.2 Å². The van der Waals surface area contributed by atoms with E-state index < -0.39 is 0 Å². The van der Waals surface area contributed by atoms with Crippen molar-refractivity contribution in [3.05, 3.63) is 93.1 Å². The minimum Gasteiger partial charge on any atom is -0.339 e. The molecule has 164 valence electrons. The number of terminal acetylenes is 1. The van der Waals surface area contributed by atoms with E-state index in [9.17, 15) is 4.79 Å². The quantitative estimate of drug-likeness (QED) is 0.391. The predicted octanol–water partition coefficient (Wildman–Crippen LogP) is 4.13. The number of aromatic amines is 1. The molecule has 0 atom stereocenters. The van der Waals surface area contributed by atoms with Crippen LogP contribution < -0.4 is 15.8 Å². The molecule has 0 radical (unpaired) electrons. The van der Waals surface area contributed by atoms with Crippen molar-refractivity contribution in [3.8, 4) is 12.8 Å². The Labute approximate surface area is 189 Å². The number of hydrogen-bond donors (Lipinski definition) is 2. The Hall–Kier alpha value is -3.14. The first-order valence-electron chi connectivity index (χ1n) is 10.1. The fourth-order valence-corrected chi connectivity index (χ4v) is 3.56. The zero-order chi connectivity index (χ0) is 22.9. The molecule has 0 saturated carbocycles. The number of hydrogen-bond acceptors (Lipinski definition) is 5. The number of aryl methyl sites for hydroxylation is 1. The van der Waals surface area contributed by atoms with Crippen molar-refractivity contribution in [2.24, 2.45) is 0 Å². The van der Waals surface area contributed by atoms with Crippen LogP contribution in [0.3, 0.4) is 0 Å². The van der Waals surface area contributed by atoms with Gasteiger partial charge in [-0.25, -0.2) is 4.98 Å². The van der Waals surface area contributed by atoms with E-state index in [0.29, 0.717) is 18.9 Å². The van der Waals surface area contributed by atoms with Gasteiger partial charge in [0, 0.05) is 25.6 Å². The van der Waals surface area contributed by atoms with Crippen molar-refractivity contribution in [1.82, 2.24) is 15.3 Å². The van der Waals surface area contributed by atoms with Crippen molar-refractivity contribution < 1.29 is 0 Å². The van der Waals surface area contributed by atoms with E-state index >= 15 is 0 Å². The third-order valence-electron chi connectivity index (χ3n) is 4.13. The fourth-order valence-electron chi connectivity index (χ4n) is 2.89. The lowest BCUT2D eigenvalue weighted by Gasteiger charge is -2.22. The lowest BCUT2D eigenvalue weighted by atomic mass is 10.1. The number of benzene rings is 1. The second-order valence-electron chi connectivity index (χ2n) is 6.69. The first-order chi connectivity index (χ1) is 15.2. The van der Waals surface area contributed by atoms with Gasteiger partial charge in [0.15, 0.2) is 0 Å². The van der Waals surface area contributed by atoms with Crippen molar-refractivity contribution in [2.45, 2.75) is 19.3 Å². The van der Waals surface area contributed by atoms with Gasteiger partial charge in [0.25, 0.3) is 5.56 Å². The van der Waals surface area contributed by atoms with E-state index in [0.717, 1.165) is 25.1 Å². The molecule has 0 aliphatic carbocycles. The summed E-state index contributed by atoms with van der Waals surface area (Å²) in [6.45, 7) is 5.30. The Morgan fingerprint density at radius 3 is 2.52 bits per heavy atom. The van der Waals surface area contributed by atoms with Gasteiger partial charge in [-0.3, -0.25) is 9.78 Å². The summed E-state index contributed by atoms with van der Waals surface area (Å²) in [6.07, 6.45) is 12.5. The van der Waals surface area contributed by atoms with Gasteiger partial charge < -0.3 is 10.2 Å². The molecule has 3 aromatic rings. The van der Waals surface area contributed by atoms with Gasteiger partial charge in [-0.15, -0.1) is 19.4 Å². The number of H-pyrrole nitrogens is 1.